The van der Waals surface area contributed by atoms with Crippen LogP contribution in [0.2, 0.25) is 0 Å². The minimum atomic E-state index is 0.0712. The number of aryl methyl sites for hydroxylation is 2. The van der Waals surface area contributed by atoms with Crippen LogP contribution in [0.5, 0.6) is 11.5 Å². The molecule has 0 aliphatic heterocycles. The van der Waals surface area contributed by atoms with Crippen molar-refractivity contribution in [3.8, 4) is 11.5 Å². The van der Waals surface area contributed by atoms with Gasteiger partial charge < -0.3 is 10.5 Å². The number of hydrogen-bond donors (Lipinski definition) is 2. The highest BCUT2D eigenvalue weighted by Gasteiger charge is 2.04. The highest BCUT2D eigenvalue weighted by Crippen LogP contribution is 2.26. The van der Waals surface area contributed by atoms with E-state index in [-0.39, 0.29) is 5.84 Å². The first kappa shape index (κ1) is 13.1. The second-order valence-corrected chi connectivity index (χ2v) is 4.49. The topological polar surface area (TPSA) is 59.1 Å². The molecule has 2 rings (SSSR count). The molecule has 0 aromatic heterocycles. The van der Waals surface area contributed by atoms with Gasteiger partial charge in [0.25, 0.3) is 0 Å². The Morgan fingerprint density at radius 2 is 1.84 bits per heavy atom. The summed E-state index contributed by atoms with van der Waals surface area (Å²) in [5.41, 5.74) is 8.43. The molecule has 0 amide bonds. The summed E-state index contributed by atoms with van der Waals surface area (Å²) in [7, 11) is 0. The molecule has 0 unspecified atom stereocenters. The van der Waals surface area contributed by atoms with Gasteiger partial charge in [-0.25, -0.2) is 0 Å². The van der Waals surface area contributed by atoms with Gasteiger partial charge in [0.1, 0.15) is 17.3 Å². The molecule has 0 fully saturated rings. The maximum absolute atomic E-state index is 7.41. The van der Waals surface area contributed by atoms with Crippen LogP contribution in [0.3, 0.4) is 0 Å². The molecule has 3 N–H and O–H groups in total. The lowest BCUT2D eigenvalue weighted by atomic mass is 10.1. The van der Waals surface area contributed by atoms with Gasteiger partial charge >= 0.3 is 0 Å². The third-order valence-electron chi connectivity index (χ3n) is 3.05. The summed E-state index contributed by atoms with van der Waals surface area (Å²) in [5.74, 6) is 1.67. The summed E-state index contributed by atoms with van der Waals surface area (Å²) in [6, 6.07) is 13.6. The molecule has 0 spiro atoms. The molecule has 98 valence electrons. The van der Waals surface area contributed by atoms with E-state index in [9.17, 15) is 0 Å². The van der Waals surface area contributed by atoms with E-state index in [1.807, 2.05) is 31.2 Å². The molecule has 3 heteroatoms. The zero-order chi connectivity index (χ0) is 13.8. The molecule has 0 aliphatic carbocycles. The minimum absolute atomic E-state index is 0.0712. The standard InChI is InChI=1S/C16H18N2O/c1-3-12-4-7-14(8-5-12)19-15-9-6-13(16(17)18)10-11(15)2/h4-10H,3H2,1-2H3,(H3,17,18). The molecule has 19 heavy (non-hydrogen) atoms. The second-order valence-electron chi connectivity index (χ2n) is 4.49. The van der Waals surface area contributed by atoms with Crippen LogP contribution in [-0.4, -0.2) is 5.84 Å². The molecule has 0 atom stereocenters. The van der Waals surface area contributed by atoms with Crippen molar-refractivity contribution in [3.63, 3.8) is 0 Å². The normalized spacial score (nSPS) is 10.2. The Morgan fingerprint density at radius 3 is 2.37 bits per heavy atom. The summed E-state index contributed by atoms with van der Waals surface area (Å²) in [6.07, 6.45) is 1.02. The van der Waals surface area contributed by atoms with E-state index in [4.69, 9.17) is 15.9 Å². The smallest absolute Gasteiger partial charge is 0.130 e. The van der Waals surface area contributed by atoms with Crippen LogP contribution in [0.1, 0.15) is 23.6 Å². The van der Waals surface area contributed by atoms with Gasteiger partial charge in [0.15, 0.2) is 0 Å². The van der Waals surface area contributed by atoms with Crippen molar-refractivity contribution in [2.24, 2.45) is 5.73 Å². The number of amidine groups is 1. The fourth-order valence-corrected chi connectivity index (χ4v) is 1.85. The van der Waals surface area contributed by atoms with E-state index in [1.54, 1.807) is 6.07 Å². The number of hydrogen-bond acceptors (Lipinski definition) is 2. The lowest BCUT2D eigenvalue weighted by molar-refractivity contribution is 0.478. The van der Waals surface area contributed by atoms with Crippen LogP contribution in [0.25, 0.3) is 0 Å². The van der Waals surface area contributed by atoms with E-state index < -0.39 is 0 Å². The molecule has 0 saturated heterocycles. The molecule has 0 saturated carbocycles. The number of rotatable bonds is 4. The first-order chi connectivity index (χ1) is 9.10. The fourth-order valence-electron chi connectivity index (χ4n) is 1.85. The monoisotopic (exact) mass is 254 g/mol. The second kappa shape index (κ2) is 5.57. The Bertz CT molecular complexity index is 588. The van der Waals surface area contributed by atoms with Gasteiger partial charge in [0.05, 0.1) is 0 Å². The van der Waals surface area contributed by atoms with E-state index in [2.05, 4.69) is 19.1 Å². The molecule has 0 bridgehead atoms. The van der Waals surface area contributed by atoms with Gasteiger partial charge in [-0.15, -0.1) is 0 Å². The quantitative estimate of drug-likeness (QED) is 0.646. The average molecular weight is 254 g/mol. The first-order valence-electron chi connectivity index (χ1n) is 6.32. The minimum Gasteiger partial charge on any atom is -0.457 e. The summed E-state index contributed by atoms with van der Waals surface area (Å²) < 4.78 is 5.83. The molecule has 3 nitrogen and oxygen atoms in total. The van der Waals surface area contributed by atoms with Crippen LogP contribution in [0.4, 0.5) is 0 Å². The van der Waals surface area contributed by atoms with Gasteiger partial charge in [0, 0.05) is 5.56 Å². The van der Waals surface area contributed by atoms with Crippen molar-refractivity contribution < 1.29 is 4.74 Å². The van der Waals surface area contributed by atoms with Crippen LogP contribution in [0.15, 0.2) is 42.5 Å². The number of nitrogens with one attached hydrogen (secondary N) is 1. The zero-order valence-corrected chi connectivity index (χ0v) is 11.2. The maximum Gasteiger partial charge on any atom is 0.130 e. The van der Waals surface area contributed by atoms with Gasteiger partial charge in [-0.1, -0.05) is 19.1 Å². The molecular formula is C16H18N2O. The van der Waals surface area contributed by atoms with Gasteiger partial charge in [0.2, 0.25) is 0 Å². The number of nitrogens with two attached hydrogens (primary N) is 1. The SMILES string of the molecule is CCc1ccc(Oc2ccc(C(=N)N)cc2C)cc1. The van der Waals surface area contributed by atoms with Crippen molar-refractivity contribution in [1.82, 2.24) is 0 Å². The summed E-state index contributed by atoms with van der Waals surface area (Å²) in [5, 5.41) is 7.41. The number of benzene rings is 2. The van der Waals surface area contributed by atoms with Crippen LogP contribution < -0.4 is 10.5 Å². The molecule has 0 radical (unpaired) electrons. The highest BCUT2D eigenvalue weighted by atomic mass is 16.5. The van der Waals surface area contributed by atoms with Crippen LogP contribution in [-0.2, 0) is 6.42 Å². The summed E-state index contributed by atoms with van der Waals surface area (Å²) >= 11 is 0. The Hall–Kier alpha value is -2.29. The zero-order valence-electron chi connectivity index (χ0n) is 11.2. The third kappa shape index (κ3) is 3.13. The van der Waals surface area contributed by atoms with Crippen molar-refractivity contribution >= 4 is 5.84 Å². The molecule has 2 aromatic carbocycles. The molecular weight excluding hydrogens is 236 g/mol. The molecule has 0 aliphatic rings. The van der Waals surface area contributed by atoms with Crippen LogP contribution in [0, 0.1) is 12.3 Å². The number of ether oxygens (including phenoxy) is 1. The Labute approximate surface area is 113 Å². The number of nitrogen functional groups attached to an aromatic ring is 1. The summed E-state index contributed by atoms with van der Waals surface area (Å²) in [4.78, 5) is 0. The van der Waals surface area contributed by atoms with E-state index in [0.717, 1.165) is 23.5 Å². The summed E-state index contributed by atoms with van der Waals surface area (Å²) in [6.45, 7) is 4.07. The predicted octanol–water partition coefficient (Wildman–Crippen LogP) is 3.63. The highest BCUT2D eigenvalue weighted by molar-refractivity contribution is 5.95. The lowest BCUT2D eigenvalue weighted by Gasteiger charge is -2.10. The van der Waals surface area contributed by atoms with Crippen LogP contribution >= 0.6 is 0 Å². The van der Waals surface area contributed by atoms with Gasteiger partial charge in [-0.2, -0.15) is 0 Å². The third-order valence-corrected chi connectivity index (χ3v) is 3.05. The van der Waals surface area contributed by atoms with Crippen molar-refractivity contribution in [2.45, 2.75) is 20.3 Å². The first-order valence-corrected chi connectivity index (χ1v) is 6.32. The Kier molecular flexibility index (Phi) is 3.85. The van der Waals surface area contributed by atoms with Crippen molar-refractivity contribution in [2.75, 3.05) is 0 Å². The Balaban J connectivity index is 2.20. The van der Waals surface area contributed by atoms with E-state index >= 15 is 0 Å². The van der Waals surface area contributed by atoms with E-state index in [0.29, 0.717) is 5.56 Å². The molecule has 0 heterocycles. The lowest BCUT2D eigenvalue weighted by Crippen LogP contribution is -2.11. The Morgan fingerprint density at radius 1 is 1.16 bits per heavy atom. The fraction of sp³-hybridized carbons (Fsp3) is 0.188. The van der Waals surface area contributed by atoms with Gasteiger partial charge in [-0.05, 0) is 54.8 Å². The average Bonchev–Trinajstić information content (AvgIpc) is 2.41. The van der Waals surface area contributed by atoms with Crippen molar-refractivity contribution in [3.05, 3.63) is 59.2 Å². The largest absolute Gasteiger partial charge is 0.457 e. The maximum atomic E-state index is 7.41. The molecule has 2 aromatic rings. The predicted molar refractivity (Wildman–Crippen MR) is 78.1 cm³/mol. The van der Waals surface area contributed by atoms with E-state index in [1.165, 1.54) is 5.56 Å². The van der Waals surface area contributed by atoms with Gasteiger partial charge in [-0.3, -0.25) is 5.41 Å². The van der Waals surface area contributed by atoms with Crippen molar-refractivity contribution in [1.29, 1.82) is 5.41 Å².